The Balaban J connectivity index is 1.73. The van der Waals surface area contributed by atoms with Crippen LogP contribution in [-0.2, 0) is 4.74 Å². The number of urea groups is 1. The van der Waals surface area contributed by atoms with Gasteiger partial charge in [0.1, 0.15) is 0 Å². The van der Waals surface area contributed by atoms with Crippen molar-refractivity contribution in [1.29, 1.82) is 0 Å². The van der Waals surface area contributed by atoms with Crippen molar-refractivity contribution < 1.29 is 14.3 Å². The Kier molecular flexibility index (Phi) is 5.28. The van der Waals surface area contributed by atoms with E-state index in [-0.39, 0.29) is 12.0 Å². The summed E-state index contributed by atoms with van der Waals surface area (Å²) in [6.07, 6.45) is 0. The third-order valence-corrected chi connectivity index (χ3v) is 4.97. The summed E-state index contributed by atoms with van der Waals surface area (Å²) in [6.45, 7) is 4.85. The zero-order valence-corrected chi connectivity index (χ0v) is 15.0. The van der Waals surface area contributed by atoms with Gasteiger partial charge in [0.2, 0.25) is 0 Å². The molecular weight excluding hydrogens is 336 g/mol. The molecule has 2 amide bonds. The van der Waals surface area contributed by atoms with Gasteiger partial charge in [-0.05, 0) is 43.3 Å². The van der Waals surface area contributed by atoms with E-state index < -0.39 is 0 Å². The largest absolute Gasteiger partial charge is 0.462 e. The predicted molar refractivity (Wildman–Crippen MR) is 101 cm³/mol. The molecule has 0 spiro atoms. The lowest BCUT2D eigenvalue weighted by Gasteiger charge is -2.32. The van der Waals surface area contributed by atoms with Gasteiger partial charge in [0.15, 0.2) is 0 Å². The first kappa shape index (κ1) is 17.4. The first-order chi connectivity index (χ1) is 12.1. The van der Waals surface area contributed by atoms with Crippen LogP contribution in [0.15, 0.2) is 53.4 Å². The summed E-state index contributed by atoms with van der Waals surface area (Å²) in [5.74, 6) is -0.365. The smallest absolute Gasteiger partial charge is 0.338 e. The van der Waals surface area contributed by atoms with E-state index >= 15 is 0 Å². The van der Waals surface area contributed by atoms with Gasteiger partial charge in [-0.15, -0.1) is 11.8 Å². The van der Waals surface area contributed by atoms with Crippen LogP contribution in [0.2, 0.25) is 0 Å². The van der Waals surface area contributed by atoms with Crippen molar-refractivity contribution >= 4 is 35.1 Å². The lowest BCUT2D eigenvalue weighted by molar-refractivity contribution is 0.0526. The fourth-order valence-electron chi connectivity index (χ4n) is 2.68. The fraction of sp³-hybridized carbons (Fsp3) is 0.263. The molecule has 1 aliphatic heterocycles. The number of thioether (sulfide) groups is 1. The second-order valence-corrected chi connectivity index (χ2v) is 7.22. The highest BCUT2D eigenvalue weighted by atomic mass is 32.2. The molecule has 25 heavy (non-hydrogen) atoms. The van der Waals surface area contributed by atoms with E-state index in [0.717, 1.165) is 10.6 Å². The zero-order chi connectivity index (χ0) is 17.8. The van der Waals surface area contributed by atoms with Gasteiger partial charge in [-0.1, -0.05) is 19.1 Å². The molecule has 2 aromatic carbocycles. The van der Waals surface area contributed by atoms with Gasteiger partial charge in [-0.25, -0.2) is 9.59 Å². The van der Waals surface area contributed by atoms with Crippen molar-refractivity contribution in [1.82, 2.24) is 0 Å². The lowest BCUT2D eigenvalue weighted by atomic mass is 10.2. The average Bonchev–Trinajstić information content (AvgIpc) is 2.61. The normalized spacial score (nSPS) is 16.1. The minimum Gasteiger partial charge on any atom is -0.462 e. The van der Waals surface area contributed by atoms with Crippen molar-refractivity contribution in [2.45, 2.75) is 24.0 Å². The Bertz CT molecular complexity index is 776. The molecule has 2 aromatic rings. The molecular formula is C19H20N2O3S. The first-order valence-corrected chi connectivity index (χ1v) is 9.08. The van der Waals surface area contributed by atoms with E-state index in [9.17, 15) is 9.59 Å². The third-order valence-electron chi connectivity index (χ3n) is 3.82. The SMILES string of the molecule is CCOC(=O)c1ccc(NC(=O)N2C[C@@H](C)Sc3ccccc32)cc1. The molecule has 0 aromatic heterocycles. The van der Waals surface area contributed by atoms with Crippen LogP contribution in [0.1, 0.15) is 24.2 Å². The summed E-state index contributed by atoms with van der Waals surface area (Å²) in [5.41, 5.74) is 2.03. The van der Waals surface area contributed by atoms with Crippen LogP contribution in [0.5, 0.6) is 0 Å². The summed E-state index contributed by atoms with van der Waals surface area (Å²) in [7, 11) is 0. The minimum absolute atomic E-state index is 0.177. The molecule has 0 aliphatic carbocycles. The molecule has 0 saturated carbocycles. The number of anilines is 2. The highest BCUT2D eigenvalue weighted by Gasteiger charge is 2.26. The highest BCUT2D eigenvalue weighted by molar-refractivity contribution is 8.00. The second kappa shape index (κ2) is 7.61. The first-order valence-electron chi connectivity index (χ1n) is 8.20. The topological polar surface area (TPSA) is 58.6 Å². The number of carbonyl (C=O) groups excluding carboxylic acids is 2. The summed E-state index contributed by atoms with van der Waals surface area (Å²) >= 11 is 1.78. The quantitative estimate of drug-likeness (QED) is 0.829. The zero-order valence-electron chi connectivity index (χ0n) is 14.2. The van der Waals surface area contributed by atoms with Gasteiger partial charge >= 0.3 is 12.0 Å². The van der Waals surface area contributed by atoms with Gasteiger partial charge in [-0.3, -0.25) is 4.90 Å². The second-order valence-electron chi connectivity index (χ2n) is 5.73. The predicted octanol–water partition coefficient (Wildman–Crippen LogP) is 4.40. The van der Waals surface area contributed by atoms with E-state index in [0.29, 0.717) is 29.7 Å². The Hall–Kier alpha value is -2.47. The number of esters is 1. The average molecular weight is 356 g/mol. The van der Waals surface area contributed by atoms with Crippen molar-refractivity contribution in [3.63, 3.8) is 0 Å². The van der Waals surface area contributed by atoms with E-state index in [1.165, 1.54) is 0 Å². The summed E-state index contributed by atoms with van der Waals surface area (Å²) in [6, 6.07) is 14.4. The monoisotopic (exact) mass is 356 g/mol. The van der Waals surface area contributed by atoms with Crippen molar-refractivity contribution in [2.24, 2.45) is 0 Å². The summed E-state index contributed by atoms with van der Waals surface area (Å²) in [4.78, 5) is 27.3. The maximum Gasteiger partial charge on any atom is 0.338 e. The number of para-hydroxylation sites is 1. The van der Waals surface area contributed by atoms with Gasteiger partial charge in [0.25, 0.3) is 0 Å². The minimum atomic E-state index is -0.365. The van der Waals surface area contributed by atoms with Crippen LogP contribution in [0.3, 0.4) is 0 Å². The molecule has 1 atom stereocenters. The van der Waals surface area contributed by atoms with Crippen LogP contribution in [0.4, 0.5) is 16.2 Å². The molecule has 6 heteroatoms. The van der Waals surface area contributed by atoms with E-state index in [1.54, 1.807) is 47.9 Å². The molecule has 3 rings (SSSR count). The summed E-state index contributed by atoms with van der Waals surface area (Å²) < 4.78 is 4.96. The lowest BCUT2D eigenvalue weighted by Crippen LogP contribution is -2.41. The van der Waals surface area contributed by atoms with Crippen LogP contribution in [-0.4, -0.2) is 30.4 Å². The molecule has 1 aliphatic rings. The highest BCUT2D eigenvalue weighted by Crippen LogP contribution is 2.38. The van der Waals surface area contributed by atoms with E-state index in [4.69, 9.17) is 4.74 Å². The van der Waals surface area contributed by atoms with Crippen LogP contribution >= 0.6 is 11.8 Å². The van der Waals surface area contributed by atoms with Crippen LogP contribution in [0.25, 0.3) is 0 Å². The number of hydrogen-bond donors (Lipinski definition) is 1. The Labute approximate surface area is 151 Å². The number of amides is 2. The van der Waals surface area contributed by atoms with Crippen LogP contribution in [0, 0.1) is 0 Å². The number of carbonyl (C=O) groups is 2. The van der Waals surface area contributed by atoms with Gasteiger partial charge in [0.05, 0.1) is 17.9 Å². The Morgan fingerprint density at radius 2 is 1.92 bits per heavy atom. The number of ether oxygens (including phenoxy) is 1. The molecule has 0 radical (unpaired) electrons. The van der Waals surface area contributed by atoms with Gasteiger partial charge in [0, 0.05) is 22.4 Å². The standard InChI is InChI=1S/C19H20N2O3S/c1-3-24-18(22)14-8-10-15(11-9-14)20-19(23)21-12-13(2)25-17-7-5-4-6-16(17)21/h4-11,13H,3,12H2,1-2H3,(H,20,23)/t13-/m1/s1. The Morgan fingerprint density at radius 3 is 2.64 bits per heavy atom. The Morgan fingerprint density at radius 1 is 1.20 bits per heavy atom. The van der Waals surface area contributed by atoms with Crippen LogP contribution < -0.4 is 10.2 Å². The number of hydrogen-bond acceptors (Lipinski definition) is 4. The van der Waals surface area contributed by atoms with Crippen molar-refractivity contribution in [2.75, 3.05) is 23.4 Å². The van der Waals surface area contributed by atoms with Gasteiger partial charge in [-0.2, -0.15) is 0 Å². The molecule has 1 heterocycles. The number of fused-ring (bicyclic) bond motifs is 1. The number of benzene rings is 2. The molecule has 0 fully saturated rings. The van der Waals surface area contributed by atoms with Crippen molar-refractivity contribution in [3.8, 4) is 0 Å². The molecule has 5 nitrogen and oxygen atoms in total. The van der Waals surface area contributed by atoms with E-state index in [2.05, 4.69) is 12.2 Å². The number of nitrogens with one attached hydrogen (secondary N) is 1. The molecule has 0 bridgehead atoms. The molecule has 1 N–H and O–H groups in total. The molecule has 0 saturated heterocycles. The maximum atomic E-state index is 12.7. The van der Waals surface area contributed by atoms with Gasteiger partial charge < -0.3 is 10.1 Å². The van der Waals surface area contributed by atoms with Crippen molar-refractivity contribution in [3.05, 3.63) is 54.1 Å². The third kappa shape index (κ3) is 3.96. The summed E-state index contributed by atoms with van der Waals surface area (Å²) in [5, 5.41) is 3.22. The molecule has 130 valence electrons. The maximum absolute atomic E-state index is 12.7. The van der Waals surface area contributed by atoms with E-state index in [1.807, 2.05) is 24.3 Å². The molecule has 0 unspecified atom stereocenters. The number of rotatable bonds is 3. The fourth-order valence-corrected chi connectivity index (χ4v) is 3.79. The number of nitrogens with zero attached hydrogens (tertiary/aromatic N) is 1.